The van der Waals surface area contributed by atoms with Crippen LogP contribution in [0.5, 0.6) is 0 Å². The number of methoxy groups -OCH3 is 1. The van der Waals surface area contributed by atoms with Gasteiger partial charge in [0, 0.05) is 7.06 Å². The monoisotopic (exact) mass is 137 g/mol. The van der Waals surface area contributed by atoms with E-state index in [1.807, 2.05) is 0 Å². The van der Waals surface area contributed by atoms with Crippen LogP contribution in [0.2, 0.25) is 0 Å². The van der Waals surface area contributed by atoms with E-state index in [4.69, 9.17) is 7.85 Å². The second-order valence-corrected chi connectivity index (χ2v) is 1.32. The summed E-state index contributed by atoms with van der Waals surface area (Å²) in [6.07, 6.45) is 0. The number of carboxylic acids is 1. The highest BCUT2D eigenvalue weighted by Gasteiger charge is 1.93. The predicted molar refractivity (Wildman–Crippen MR) is 30.3 cm³/mol. The molecule has 0 aliphatic rings. The molecule has 0 saturated heterocycles. The van der Waals surface area contributed by atoms with Crippen molar-refractivity contribution in [2.45, 2.75) is 0 Å². The van der Waals surface area contributed by atoms with Crippen molar-refractivity contribution in [3.8, 4) is 0 Å². The van der Waals surface area contributed by atoms with Crippen LogP contribution in [-0.2, 0) is 14.3 Å². The van der Waals surface area contributed by atoms with Crippen molar-refractivity contribution < 1.29 is 22.1 Å². The highest BCUT2D eigenvalue weighted by Crippen LogP contribution is 1.74. The van der Waals surface area contributed by atoms with Gasteiger partial charge in [-0.25, -0.2) is 4.79 Å². The zero-order chi connectivity index (χ0) is 8.69. The van der Waals surface area contributed by atoms with Gasteiger partial charge in [0.1, 0.15) is 6.61 Å². The second kappa shape index (κ2) is 5.53. The van der Waals surface area contributed by atoms with Gasteiger partial charge in [0.05, 0.1) is 16.0 Å². The van der Waals surface area contributed by atoms with E-state index in [-0.39, 0.29) is 19.8 Å². The van der Waals surface area contributed by atoms with Crippen LogP contribution in [0.25, 0.3) is 0 Å². The molecule has 0 aromatic carbocycles. The summed E-state index contributed by atoms with van der Waals surface area (Å²) in [4.78, 5) is 9.86. The van der Waals surface area contributed by atoms with Gasteiger partial charge in [-0.1, -0.05) is 0 Å². The summed E-state index contributed by atoms with van der Waals surface area (Å²) in [6.45, 7) is -0.199. The van der Waals surface area contributed by atoms with Gasteiger partial charge in [-0.05, 0) is 0 Å². The molecule has 0 amide bonds. The zero-order valence-corrected chi connectivity index (χ0v) is 4.87. The maximum absolute atomic E-state index is 9.86. The van der Waals surface area contributed by atoms with E-state index in [1.165, 1.54) is 0 Å². The number of hydrogen-bond donors (Lipinski definition) is 1. The minimum absolute atomic E-state index is 0.0744. The number of ether oxygens (including phenoxy) is 2. The Morgan fingerprint density at radius 1 is 2.00 bits per heavy atom. The van der Waals surface area contributed by atoms with Gasteiger partial charge >= 0.3 is 5.97 Å². The number of carbonyl (C=O) groups is 1. The molecule has 0 aromatic rings. The highest BCUT2D eigenvalue weighted by atomic mass is 16.5. The first-order valence-corrected chi connectivity index (χ1v) is 2.38. The standard InChI is InChI=1S/C5H10O4/c1-8-2-3-9-4-5(6)7/h2-4H2,1H3,(H,6,7)/i1TD. The molecule has 4 nitrogen and oxygen atoms in total. The average molecular weight is 137 g/mol. The molecule has 0 saturated carbocycles. The van der Waals surface area contributed by atoms with Crippen molar-refractivity contribution in [1.82, 2.24) is 0 Å². The van der Waals surface area contributed by atoms with Crippen molar-refractivity contribution >= 4 is 5.97 Å². The summed E-state index contributed by atoms with van der Waals surface area (Å²) in [5.41, 5.74) is 0. The first kappa shape index (κ1) is 5.20. The Morgan fingerprint density at radius 2 is 2.78 bits per heavy atom. The molecular formula is C5H10O4. The molecule has 9 heavy (non-hydrogen) atoms. The van der Waals surface area contributed by atoms with E-state index in [1.54, 1.807) is 0 Å². The van der Waals surface area contributed by atoms with Gasteiger partial charge in [0.2, 0.25) is 0 Å². The van der Waals surface area contributed by atoms with Crippen molar-refractivity contribution in [2.75, 3.05) is 26.9 Å². The quantitative estimate of drug-likeness (QED) is 0.530. The summed E-state index contributed by atoms with van der Waals surface area (Å²) in [6, 6.07) is 0. The van der Waals surface area contributed by atoms with Crippen LogP contribution in [0, 0.1) is 0 Å². The van der Waals surface area contributed by atoms with E-state index in [0.29, 0.717) is 0 Å². The summed E-state index contributed by atoms with van der Waals surface area (Å²) in [5, 5.41) is 8.08. The lowest BCUT2D eigenvalue weighted by molar-refractivity contribution is -0.142. The molecule has 1 unspecified atom stereocenters. The average Bonchev–Trinajstić information content (AvgIpc) is 1.85. The zero-order valence-electron chi connectivity index (χ0n) is 6.87. The van der Waals surface area contributed by atoms with Crippen molar-refractivity contribution in [2.24, 2.45) is 0 Å². The summed E-state index contributed by atoms with van der Waals surface area (Å²) in [7, 11) is -1.33. The Balaban J connectivity index is 2.97. The minimum atomic E-state index is -1.33. The van der Waals surface area contributed by atoms with Crippen LogP contribution in [-0.4, -0.2) is 38.0 Å². The summed E-state index contributed by atoms with van der Waals surface area (Å²) in [5.74, 6) is -1.04. The topological polar surface area (TPSA) is 55.8 Å². The Kier molecular flexibility index (Phi) is 3.19. The molecule has 0 spiro atoms. The van der Waals surface area contributed by atoms with E-state index in [2.05, 4.69) is 9.47 Å². The van der Waals surface area contributed by atoms with Crippen LogP contribution < -0.4 is 0 Å². The van der Waals surface area contributed by atoms with Gasteiger partial charge in [-0.15, -0.1) is 0 Å². The van der Waals surface area contributed by atoms with Crippen molar-refractivity contribution in [1.29, 1.82) is 0 Å². The van der Waals surface area contributed by atoms with E-state index in [9.17, 15) is 4.79 Å². The lowest BCUT2D eigenvalue weighted by atomic mass is 10.7. The number of rotatable bonds is 5. The Morgan fingerprint density at radius 3 is 3.33 bits per heavy atom. The molecule has 0 aliphatic carbocycles. The first-order chi connectivity index (χ1) is 5.13. The maximum atomic E-state index is 9.86. The number of carboxylic acid groups (broad SMARTS) is 1. The molecule has 4 heteroatoms. The van der Waals surface area contributed by atoms with Gasteiger partial charge in [0.15, 0.2) is 0 Å². The highest BCUT2D eigenvalue weighted by molar-refractivity contribution is 5.67. The molecule has 54 valence electrons. The Labute approximate surface area is 56.2 Å². The summed E-state index contributed by atoms with van der Waals surface area (Å²) < 4.78 is 22.1. The lowest BCUT2D eigenvalue weighted by Gasteiger charge is -1.97. The van der Waals surface area contributed by atoms with Crippen LogP contribution in [0.4, 0.5) is 0 Å². The van der Waals surface area contributed by atoms with E-state index < -0.39 is 13.0 Å². The molecule has 0 aliphatic heterocycles. The third-order valence-corrected chi connectivity index (χ3v) is 0.571. The molecule has 1 atom stereocenters. The second-order valence-electron chi connectivity index (χ2n) is 1.32. The molecule has 0 radical (unpaired) electrons. The minimum Gasteiger partial charge on any atom is -0.480 e. The Hall–Kier alpha value is -0.610. The first-order valence-electron chi connectivity index (χ1n) is 3.54. The van der Waals surface area contributed by atoms with Gasteiger partial charge < -0.3 is 14.6 Å². The number of hydrogen-bond acceptors (Lipinski definition) is 3. The molecule has 1 N–H and O–H groups in total. The maximum Gasteiger partial charge on any atom is 0.329 e. The van der Waals surface area contributed by atoms with E-state index in [0.717, 1.165) is 0 Å². The Bertz CT molecular complexity index is 117. The van der Waals surface area contributed by atoms with Crippen molar-refractivity contribution in [3.05, 3.63) is 0 Å². The fourth-order valence-corrected chi connectivity index (χ4v) is 0.267. The normalized spacial score (nSPS) is 16.0. The third-order valence-electron chi connectivity index (χ3n) is 0.571. The van der Waals surface area contributed by atoms with Gasteiger partial charge in [-0.2, -0.15) is 0 Å². The smallest absolute Gasteiger partial charge is 0.329 e. The fraction of sp³-hybridized carbons (Fsp3) is 0.800. The predicted octanol–water partition coefficient (Wildman–Crippen LogP) is -0.266. The lowest BCUT2D eigenvalue weighted by Crippen LogP contribution is -2.10. The molecule has 0 heterocycles. The SMILES string of the molecule is [2H]C([3H])OCCOCC(=O)O. The van der Waals surface area contributed by atoms with Crippen LogP contribution in [0.15, 0.2) is 0 Å². The molecule has 0 rings (SSSR count). The molecule has 0 bridgehead atoms. The van der Waals surface area contributed by atoms with Gasteiger partial charge in [-0.3, -0.25) is 0 Å². The van der Waals surface area contributed by atoms with Crippen molar-refractivity contribution in [3.63, 3.8) is 0 Å². The third kappa shape index (κ3) is 7.39. The van der Waals surface area contributed by atoms with Gasteiger partial charge in [0.25, 0.3) is 0 Å². The molecule has 0 aromatic heterocycles. The fourth-order valence-electron chi connectivity index (χ4n) is 0.267. The molecular weight excluding hydrogens is 124 g/mol. The number of aliphatic carboxylic acids is 1. The summed E-state index contributed by atoms with van der Waals surface area (Å²) >= 11 is 0. The van der Waals surface area contributed by atoms with Crippen LogP contribution in [0.3, 0.4) is 0 Å². The van der Waals surface area contributed by atoms with Crippen LogP contribution >= 0.6 is 0 Å². The molecule has 0 fully saturated rings. The van der Waals surface area contributed by atoms with E-state index >= 15 is 0 Å². The largest absolute Gasteiger partial charge is 0.480 e. The van der Waals surface area contributed by atoms with Crippen LogP contribution in [0.1, 0.15) is 2.74 Å².